The van der Waals surface area contributed by atoms with Gasteiger partial charge in [-0.05, 0) is 95.9 Å². The van der Waals surface area contributed by atoms with Gasteiger partial charge in [0.05, 0.1) is 22.3 Å². The fraction of sp³-hybridized carbons (Fsp3) is 0.111. The van der Waals surface area contributed by atoms with Crippen molar-refractivity contribution in [1.29, 1.82) is 0 Å². The molecule has 7 aromatic carbocycles. The minimum atomic E-state index is -0.813. The molecule has 0 aliphatic heterocycles. The van der Waals surface area contributed by atoms with Crippen LogP contribution in [-0.4, -0.2) is 19.6 Å². The molecule has 0 saturated heterocycles. The maximum Gasteiger partial charge on any atom is 0.148 e. The van der Waals surface area contributed by atoms with Crippen LogP contribution in [0.15, 0.2) is 164 Å². The fourth-order valence-corrected chi connectivity index (χ4v) is 7.92. The summed E-state index contributed by atoms with van der Waals surface area (Å²) in [5.74, 6) is 0.00403. The SMILES string of the molecule is [2H]C(C)(C)c1ccc(-n2c(-c3cc(C)cc(C)c3O)nc3c(-c4[c-]c(-c5cc(-c6ccc(C)cc6)ccn5)cc(-c5ccccc5)c4)cccc32)c(-c2ccccc2)c1.[Pt]. The number of fused-ring (bicyclic) bond motifs is 1. The predicted molar refractivity (Wildman–Crippen MR) is 240 cm³/mol. The normalized spacial score (nSPS) is 11.6. The number of hydrogen-bond donors (Lipinski definition) is 1. The number of aromatic hydroxyl groups is 1. The summed E-state index contributed by atoms with van der Waals surface area (Å²) in [6, 6.07) is 58.1. The topological polar surface area (TPSA) is 50.9 Å². The summed E-state index contributed by atoms with van der Waals surface area (Å²) in [4.78, 5) is 10.4. The third kappa shape index (κ3) is 7.69. The quantitative estimate of drug-likeness (QED) is 0.154. The Morgan fingerprint density at radius 3 is 2.02 bits per heavy atom. The number of imidazole rings is 1. The molecule has 0 aliphatic rings. The van der Waals surface area contributed by atoms with Crippen LogP contribution in [0.25, 0.3) is 83.9 Å². The minimum Gasteiger partial charge on any atom is -0.507 e. The van der Waals surface area contributed by atoms with Gasteiger partial charge >= 0.3 is 0 Å². The van der Waals surface area contributed by atoms with Gasteiger partial charge in [0.25, 0.3) is 0 Å². The molecular weight excluding hydrogens is 902 g/mol. The van der Waals surface area contributed by atoms with Crippen molar-refractivity contribution >= 4 is 11.0 Å². The molecule has 4 nitrogen and oxygen atoms in total. The van der Waals surface area contributed by atoms with Crippen molar-refractivity contribution in [3.63, 3.8) is 0 Å². The van der Waals surface area contributed by atoms with Crippen LogP contribution >= 0.6 is 0 Å². The molecule has 0 radical (unpaired) electrons. The Hall–Kier alpha value is -6.35. The van der Waals surface area contributed by atoms with Crippen molar-refractivity contribution in [3.05, 3.63) is 192 Å². The van der Waals surface area contributed by atoms with Crippen molar-refractivity contribution in [1.82, 2.24) is 14.5 Å². The molecule has 0 bridgehead atoms. The Morgan fingerprint density at radius 2 is 1.29 bits per heavy atom. The van der Waals surface area contributed by atoms with Crippen molar-refractivity contribution < 1.29 is 27.5 Å². The number of aromatic nitrogens is 3. The zero-order valence-electron chi connectivity index (χ0n) is 34.7. The number of hydrogen-bond acceptors (Lipinski definition) is 3. The van der Waals surface area contributed by atoms with Crippen molar-refractivity contribution in [2.24, 2.45) is 0 Å². The standard InChI is InChI=1S/C54H44N3O.Pt/c1-34(2)41-23-24-50(47(32-41)40-15-10-7-11-16-40)57-51-18-12-17-46(52(51)56-54(57)48-28-36(4)27-37(5)53(48)58)44-29-43(38-13-8-6-9-14-38)30-45(31-44)49-33-42(25-26-55-49)39-21-19-35(3)20-22-39;/h6-30,32-34,58H,1-5H3;/q-1;/i34D;. The van der Waals surface area contributed by atoms with E-state index in [1.54, 1.807) is 0 Å². The van der Waals surface area contributed by atoms with Gasteiger partial charge in [0, 0.05) is 39.9 Å². The van der Waals surface area contributed by atoms with Crippen LogP contribution in [0.5, 0.6) is 5.75 Å². The summed E-state index contributed by atoms with van der Waals surface area (Å²) in [6.07, 6.45) is 1.87. The van der Waals surface area contributed by atoms with Gasteiger partial charge in [-0.2, -0.15) is 0 Å². The summed E-state index contributed by atoms with van der Waals surface area (Å²) in [6.45, 7) is 9.90. The molecule has 59 heavy (non-hydrogen) atoms. The summed E-state index contributed by atoms with van der Waals surface area (Å²) in [7, 11) is 0. The van der Waals surface area contributed by atoms with Crippen LogP contribution in [0.1, 0.15) is 43.4 Å². The molecule has 0 fully saturated rings. The van der Waals surface area contributed by atoms with Gasteiger partial charge in [-0.1, -0.05) is 151 Å². The Labute approximate surface area is 362 Å². The first-order chi connectivity index (χ1) is 28.5. The molecule has 5 heteroatoms. The second-order valence-corrected chi connectivity index (χ2v) is 15.4. The third-order valence-electron chi connectivity index (χ3n) is 11.0. The van der Waals surface area contributed by atoms with Gasteiger partial charge in [0.1, 0.15) is 11.6 Å². The monoisotopic (exact) mass is 946 g/mol. The van der Waals surface area contributed by atoms with Gasteiger partial charge in [-0.15, -0.1) is 23.8 Å². The van der Waals surface area contributed by atoms with E-state index in [-0.39, 0.29) is 26.8 Å². The van der Waals surface area contributed by atoms with Crippen LogP contribution in [0, 0.1) is 26.8 Å². The summed E-state index contributed by atoms with van der Waals surface area (Å²) >= 11 is 0. The number of rotatable bonds is 8. The van der Waals surface area contributed by atoms with E-state index in [9.17, 15) is 5.11 Å². The van der Waals surface area contributed by atoms with E-state index in [2.05, 4.69) is 133 Å². The van der Waals surface area contributed by atoms with Crippen LogP contribution in [0.4, 0.5) is 0 Å². The van der Waals surface area contributed by atoms with E-state index in [1.165, 1.54) is 5.56 Å². The van der Waals surface area contributed by atoms with Crippen molar-refractivity contribution in [2.45, 2.75) is 40.5 Å². The Bertz CT molecular complexity index is 3000. The number of pyridine rings is 1. The van der Waals surface area contributed by atoms with Gasteiger partial charge in [0.15, 0.2) is 0 Å². The first-order valence-corrected chi connectivity index (χ1v) is 19.7. The van der Waals surface area contributed by atoms with E-state index < -0.39 is 5.89 Å². The Balaban J connectivity index is 0.00000499. The number of aryl methyl sites for hydroxylation is 3. The van der Waals surface area contributed by atoms with Crippen molar-refractivity contribution in [2.75, 3.05) is 0 Å². The third-order valence-corrected chi connectivity index (χ3v) is 11.0. The molecule has 9 rings (SSSR count). The second-order valence-electron chi connectivity index (χ2n) is 15.4. The van der Waals surface area contributed by atoms with E-state index in [0.29, 0.717) is 11.4 Å². The zero-order chi connectivity index (χ0) is 40.8. The smallest absolute Gasteiger partial charge is 0.148 e. The maximum atomic E-state index is 11.7. The first kappa shape index (κ1) is 38.2. The Kier molecular flexibility index (Phi) is 10.7. The summed E-state index contributed by atoms with van der Waals surface area (Å²) in [5, 5.41) is 11.7. The maximum absolute atomic E-state index is 11.7. The molecule has 9 aromatic rings. The van der Waals surface area contributed by atoms with Crippen LogP contribution in [-0.2, 0) is 21.1 Å². The number of nitrogens with zero attached hydrogens (tertiary/aromatic N) is 3. The number of phenols is 1. The van der Waals surface area contributed by atoms with E-state index in [0.717, 1.165) is 89.2 Å². The average molecular weight is 947 g/mol. The fourth-order valence-electron chi connectivity index (χ4n) is 7.92. The van der Waals surface area contributed by atoms with Gasteiger partial charge < -0.3 is 5.11 Å². The molecule has 2 heterocycles. The summed E-state index contributed by atoms with van der Waals surface area (Å²) < 4.78 is 11.1. The van der Waals surface area contributed by atoms with Crippen LogP contribution in [0.3, 0.4) is 0 Å². The van der Waals surface area contributed by atoms with Gasteiger partial charge in [-0.25, -0.2) is 4.98 Å². The molecule has 0 atom stereocenters. The molecule has 0 unspecified atom stereocenters. The number of para-hydroxylation sites is 1. The first-order valence-electron chi connectivity index (χ1n) is 20.2. The largest absolute Gasteiger partial charge is 0.507 e. The minimum absolute atomic E-state index is 0. The van der Waals surface area contributed by atoms with Crippen LogP contribution < -0.4 is 0 Å². The zero-order valence-corrected chi connectivity index (χ0v) is 36.0. The molecule has 0 amide bonds. The van der Waals surface area contributed by atoms with E-state index >= 15 is 0 Å². The second kappa shape index (κ2) is 16.5. The molecule has 0 saturated carbocycles. The molecule has 0 aliphatic carbocycles. The van der Waals surface area contributed by atoms with Gasteiger partial charge in [0.2, 0.25) is 0 Å². The Morgan fingerprint density at radius 1 is 0.593 bits per heavy atom. The number of benzene rings is 7. The summed E-state index contributed by atoms with van der Waals surface area (Å²) in [5.41, 5.74) is 17.0. The molecule has 0 spiro atoms. The average Bonchev–Trinajstić information content (AvgIpc) is 3.64. The van der Waals surface area contributed by atoms with E-state index in [4.69, 9.17) is 11.3 Å². The molecule has 292 valence electrons. The van der Waals surface area contributed by atoms with Crippen LogP contribution in [0.2, 0.25) is 0 Å². The van der Waals surface area contributed by atoms with Gasteiger partial charge in [-0.3, -0.25) is 9.55 Å². The molecular formula is C54H44N3OPt-. The number of phenolic OH excluding ortho intramolecular Hbond substituents is 1. The molecule has 1 N–H and O–H groups in total. The van der Waals surface area contributed by atoms with Crippen molar-refractivity contribution in [3.8, 4) is 78.6 Å². The molecule has 2 aromatic heterocycles. The van der Waals surface area contributed by atoms with E-state index in [1.807, 2.05) is 76.4 Å². The predicted octanol–water partition coefficient (Wildman–Crippen LogP) is 14.0.